The molecule has 0 aliphatic carbocycles. The quantitative estimate of drug-likeness (QED) is 0.495. The Hall–Kier alpha value is -3.53. The molecule has 0 aliphatic rings. The van der Waals surface area contributed by atoms with Crippen molar-refractivity contribution in [1.29, 1.82) is 0 Å². The highest BCUT2D eigenvalue weighted by Gasteiger charge is 2.13. The SMILES string of the molecule is COc1ccc2[nH]c(C(=O)c3cccc(OCc4ccccc4)c3)cc2c1. The topological polar surface area (TPSA) is 51.3 Å². The maximum absolute atomic E-state index is 12.9. The van der Waals surface area contributed by atoms with Crippen molar-refractivity contribution in [2.24, 2.45) is 0 Å². The summed E-state index contributed by atoms with van der Waals surface area (Å²) in [6.45, 7) is 0.463. The molecule has 1 N–H and O–H groups in total. The molecular formula is C23H19NO3. The van der Waals surface area contributed by atoms with Crippen LogP contribution >= 0.6 is 0 Å². The lowest BCUT2D eigenvalue weighted by Crippen LogP contribution is -2.02. The third-order valence-electron chi connectivity index (χ3n) is 4.42. The second-order valence-electron chi connectivity index (χ2n) is 6.27. The molecule has 0 aliphatic heterocycles. The molecule has 27 heavy (non-hydrogen) atoms. The largest absolute Gasteiger partial charge is 0.497 e. The van der Waals surface area contributed by atoms with Crippen LogP contribution in [0.2, 0.25) is 0 Å². The van der Waals surface area contributed by atoms with Gasteiger partial charge in [0.2, 0.25) is 5.78 Å². The van der Waals surface area contributed by atoms with Crippen LogP contribution in [0.15, 0.2) is 78.9 Å². The zero-order valence-electron chi connectivity index (χ0n) is 14.9. The number of nitrogens with one attached hydrogen (secondary N) is 1. The number of rotatable bonds is 6. The number of benzene rings is 3. The monoisotopic (exact) mass is 357 g/mol. The average molecular weight is 357 g/mol. The minimum absolute atomic E-state index is 0.0738. The molecule has 0 saturated carbocycles. The van der Waals surface area contributed by atoms with E-state index in [1.54, 1.807) is 19.2 Å². The van der Waals surface area contributed by atoms with Gasteiger partial charge in [0.05, 0.1) is 12.8 Å². The highest BCUT2D eigenvalue weighted by molar-refractivity contribution is 6.10. The van der Waals surface area contributed by atoms with E-state index in [0.717, 1.165) is 22.2 Å². The number of carbonyl (C=O) groups excluding carboxylic acids is 1. The molecule has 4 aromatic rings. The Kier molecular flexibility index (Phi) is 4.62. The van der Waals surface area contributed by atoms with Crippen molar-refractivity contribution >= 4 is 16.7 Å². The lowest BCUT2D eigenvalue weighted by atomic mass is 10.1. The first-order valence-electron chi connectivity index (χ1n) is 8.71. The van der Waals surface area contributed by atoms with Crippen molar-refractivity contribution in [3.63, 3.8) is 0 Å². The fraction of sp³-hybridized carbons (Fsp3) is 0.0870. The van der Waals surface area contributed by atoms with E-state index in [1.165, 1.54) is 0 Å². The Morgan fingerprint density at radius 3 is 2.56 bits per heavy atom. The molecule has 1 heterocycles. The van der Waals surface area contributed by atoms with Crippen LogP contribution in [0.5, 0.6) is 11.5 Å². The Morgan fingerprint density at radius 2 is 1.74 bits per heavy atom. The van der Waals surface area contributed by atoms with Gasteiger partial charge in [-0.05, 0) is 42.0 Å². The van der Waals surface area contributed by atoms with Gasteiger partial charge < -0.3 is 14.5 Å². The van der Waals surface area contributed by atoms with Gasteiger partial charge in [0, 0.05) is 16.5 Å². The van der Waals surface area contributed by atoms with Crippen molar-refractivity contribution in [2.45, 2.75) is 6.61 Å². The summed E-state index contributed by atoms with van der Waals surface area (Å²) in [5, 5.41) is 0.939. The Labute approximate surface area is 157 Å². The van der Waals surface area contributed by atoms with E-state index in [9.17, 15) is 4.79 Å². The van der Waals surface area contributed by atoms with Crippen LogP contribution in [0.1, 0.15) is 21.6 Å². The van der Waals surface area contributed by atoms with Gasteiger partial charge in [-0.3, -0.25) is 4.79 Å². The maximum Gasteiger partial charge on any atom is 0.209 e. The highest BCUT2D eigenvalue weighted by Crippen LogP contribution is 2.24. The number of carbonyl (C=O) groups is 1. The first-order chi connectivity index (χ1) is 13.2. The van der Waals surface area contributed by atoms with Crippen molar-refractivity contribution in [1.82, 2.24) is 4.98 Å². The van der Waals surface area contributed by atoms with Gasteiger partial charge in [-0.2, -0.15) is 0 Å². The zero-order chi connectivity index (χ0) is 18.6. The molecule has 0 atom stereocenters. The van der Waals surface area contributed by atoms with Crippen LogP contribution in [0.4, 0.5) is 0 Å². The van der Waals surface area contributed by atoms with Gasteiger partial charge in [0.15, 0.2) is 0 Å². The van der Waals surface area contributed by atoms with Gasteiger partial charge in [-0.25, -0.2) is 0 Å². The minimum atomic E-state index is -0.0738. The van der Waals surface area contributed by atoms with E-state index in [4.69, 9.17) is 9.47 Å². The fourth-order valence-electron chi connectivity index (χ4n) is 2.98. The van der Waals surface area contributed by atoms with E-state index in [1.807, 2.05) is 66.7 Å². The van der Waals surface area contributed by atoms with E-state index in [-0.39, 0.29) is 5.78 Å². The van der Waals surface area contributed by atoms with Crippen LogP contribution in [-0.2, 0) is 6.61 Å². The zero-order valence-corrected chi connectivity index (χ0v) is 14.9. The number of aromatic amines is 1. The third kappa shape index (κ3) is 3.70. The summed E-state index contributed by atoms with van der Waals surface area (Å²) in [6.07, 6.45) is 0. The summed E-state index contributed by atoms with van der Waals surface area (Å²) in [7, 11) is 1.63. The normalized spacial score (nSPS) is 10.7. The van der Waals surface area contributed by atoms with E-state index >= 15 is 0 Å². The average Bonchev–Trinajstić information content (AvgIpc) is 3.16. The van der Waals surface area contributed by atoms with Gasteiger partial charge in [0.25, 0.3) is 0 Å². The van der Waals surface area contributed by atoms with E-state index in [2.05, 4.69) is 4.98 Å². The van der Waals surface area contributed by atoms with Crippen molar-refractivity contribution in [3.05, 3.63) is 95.7 Å². The Bertz CT molecular complexity index is 1080. The molecule has 0 unspecified atom stereocenters. The minimum Gasteiger partial charge on any atom is -0.497 e. The molecular weight excluding hydrogens is 338 g/mol. The molecule has 0 radical (unpaired) electrons. The summed E-state index contributed by atoms with van der Waals surface area (Å²) in [5.74, 6) is 1.36. The molecule has 134 valence electrons. The predicted octanol–water partition coefficient (Wildman–Crippen LogP) is 4.99. The molecule has 3 aromatic carbocycles. The lowest BCUT2D eigenvalue weighted by Gasteiger charge is -2.07. The Morgan fingerprint density at radius 1 is 0.889 bits per heavy atom. The molecule has 0 fully saturated rings. The molecule has 4 heteroatoms. The van der Waals surface area contributed by atoms with E-state index < -0.39 is 0 Å². The third-order valence-corrected chi connectivity index (χ3v) is 4.42. The second kappa shape index (κ2) is 7.38. The van der Waals surface area contributed by atoms with Crippen LogP contribution < -0.4 is 9.47 Å². The number of ether oxygens (including phenoxy) is 2. The van der Waals surface area contributed by atoms with Crippen molar-refractivity contribution < 1.29 is 14.3 Å². The molecule has 0 spiro atoms. The molecule has 0 amide bonds. The first kappa shape index (κ1) is 16.9. The van der Waals surface area contributed by atoms with Gasteiger partial charge in [0.1, 0.15) is 18.1 Å². The number of hydrogen-bond acceptors (Lipinski definition) is 3. The number of hydrogen-bond donors (Lipinski definition) is 1. The summed E-state index contributed by atoms with van der Waals surface area (Å²) >= 11 is 0. The number of H-pyrrole nitrogens is 1. The number of methoxy groups -OCH3 is 1. The smallest absolute Gasteiger partial charge is 0.209 e. The highest BCUT2D eigenvalue weighted by atomic mass is 16.5. The Balaban J connectivity index is 1.55. The van der Waals surface area contributed by atoms with Crippen LogP contribution in [0.3, 0.4) is 0 Å². The molecule has 4 nitrogen and oxygen atoms in total. The second-order valence-corrected chi connectivity index (χ2v) is 6.27. The number of fused-ring (bicyclic) bond motifs is 1. The lowest BCUT2D eigenvalue weighted by molar-refractivity contribution is 0.103. The fourth-order valence-corrected chi connectivity index (χ4v) is 2.98. The summed E-state index contributed by atoms with van der Waals surface area (Å²) in [6, 6.07) is 24.7. The van der Waals surface area contributed by atoms with Crippen molar-refractivity contribution in [2.75, 3.05) is 7.11 Å². The maximum atomic E-state index is 12.9. The summed E-state index contributed by atoms with van der Waals surface area (Å²) in [5.41, 5.74) is 3.10. The van der Waals surface area contributed by atoms with Crippen molar-refractivity contribution in [3.8, 4) is 11.5 Å². The van der Waals surface area contributed by atoms with Crippen LogP contribution in [-0.4, -0.2) is 17.9 Å². The van der Waals surface area contributed by atoms with Gasteiger partial charge >= 0.3 is 0 Å². The van der Waals surface area contributed by atoms with Gasteiger partial charge in [-0.1, -0.05) is 42.5 Å². The molecule has 1 aromatic heterocycles. The molecule has 0 saturated heterocycles. The first-order valence-corrected chi connectivity index (χ1v) is 8.71. The molecule has 4 rings (SSSR count). The van der Waals surface area contributed by atoms with Crippen LogP contribution in [0, 0.1) is 0 Å². The number of aromatic nitrogens is 1. The van der Waals surface area contributed by atoms with Gasteiger partial charge in [-0.15, -0.1) is 0 Å². The standard InChI is InChI=1S/C23H19NO3/c1-26-19-10-11-21-18(13-19)14-22(24-21)23(25)17-8-5-9-20(12-17)27-15-16-6-3-2-4-7-16/h2-14,24H,15H2,1H3. The van der Waals surface area contributed by atoms with E-state index in [0.29, 0.717) is 23.6 Å². The molecule has 0 bridgehead atoms. The summed E-state index contributed by atoms with van der Waals surface area (Å²) in [4.78, 5) is 16.1. The predicted molar refractivity (Wildman–Crippen MR) is 105 cm³/mol. The van der Waals surface area contributed by atoms with Crippen LogP contribution in [0.25, 0.3) is 10.9 Å². The summed E-state index contributed by atoms with van der Waals surface area (Å²) < 4.78 is 11.1. The number of ketones is 1.